The number of likely N-dealkylation sites (tertiary alicyclic amines) is 1. The Labute approximate surface area is 273 Å². The number of ether oxygens (including phenoxy) is 5. The van der Waals surface area contributed by atoms with E-state index in [1.807, 2.05) is 46.2 Å². The normalized spacial score (nSPS) is 19.2. The summed E-state index contributed by atoms with van der Waals surface area (Å²) in [5.41, 5.74) is 0.780. The minimum absolute atomic E-state index is 0.0300. The molecule has 0 bridgehead atoms. The number of fused-ring (bicyclic) bond motifs is 1. The summed E-state index contributed by atoms with van der Waals surface area (Å²) in [6.07, 6.45) is 4.29. The Hall–Kier alpha value is -3.70. The third kappa shape index (κ3) is 8.97. The van der Waals surface area contributed by atoms with Crippen LogP contribution in [0.5, 0.6) is 28.7 Å². The van der Waals surface area contributed by atoms with Gasteiger partial charge in [0.05, 0.1) is 61.0 Å². The zero-order valence-corrected chi connectivity index (χ0v) is 28.3. The first-order valence-electron chi connectivity index (χ1n) is 16.3. The molecule has 254 valence electrons. The Morgan fingerprint density at radius 3 is 2.39 bits per heavy atom. The molecule has 0 aromatic heterocycles. The van der Waals surface area contributed by atoms with Crippen molar-refractivity contribution in [3.05, 3.63) is 42.0 Å². The lowest BCUT2D eigenvalue weighted by Gasteiger charge is -2.30. The van der Waals surface area contributed by atoms with Gasteiger partial charge in [-0.3, -0.25) is 14.5 Å². The number of aliphatic carboxylic acids is 1. The molecule has 4 rings (SSSR count). The van der Waals surface area contributed by atoms with Crippen LogP contribution in [-0.4, -0.2) is 119 Å². The Kier molecular flexibility index (Phi) is 12.4. The van der Waals surface area contributed by atoms with Gasteiger partial charge in [0, 0.05) is 31.6 Å². The summed E-state index contributed by atoms with van der Waals surface area (Å²) < 4.78 is 29.3. The van der Waals surface area contributed by atoms with E-state index in [0.717, 1.165) is 42.3 Å². The average Bonchev–Trinajstić information content (AvgIpc) is 3.64. The molecule has 0 aliphatic carbocycles. The number of rotatable bonds is 18. The van der Waals surface area contributed by atoms with Crippen LogP contribution in [0.4, 0.5) is 0 Å². The van der Waals surface area contributed by atoms with E-state index in [0.29, 0.717) is 54.8 Å². The van der Waals surface area contributed by atoms with Crippen molar-refractivity contribution in [1.82, 2.24) is 9.80 Å². The predicted molar refractivity (Wildman–Crippen MR) is 175 cm³/mol. The molecule has 1 amide bonds. The minimum Gasteiger partial charge on any atom is -0.493 e. The number of hydrogen-bond acceptors (Lipinski definition) is 8. The number of hydrogen-bond donors (Lipinski definition) is 1. The van der Waals surface area contributed by atoms with Gasteiger partial charge in [-0.2, -0.15) is 0 Å². The molecule has 1 N–H and O–H groups in total. The molecule has 2 aromatic rings. The lowest BCUT2D eigenvalue weighted by molar-refractivity contribution is -0.870. The van der Waals surface area contributed by atoms with Gasteiger partial charge in [0.15, 0.2) is 23.0 Å². The second-order valence-corrected chi connectivity index (χ2v) is 13.2. The smallest absolute Gasteiger partial charge is 0.308 e. The minimum atomic E-state index is -0.915. The van der Waals surface area contributed by atoms with Crippen molar-refractivity contribution in [2.45, 2.75) is 51.0 Å². The van der Waals surface area contributed by atoms with Crippen molar-refractivity contribution in [2.75, 3.05) is 81.5 Å². The van der Waals surface area contributed by atoms with Gasteiger partial charge in [-0.05, 0) is 55.5 Å². The highest BCUT2D eigenvalue weighted by Gasteiger charge is 2.47. The number of carbonyl (C=O) groups is 2. The molecule has 3 atom stereocenters. The Morgan fingerprint density at radius 1 is 1.00 bits per heavy atom. The van der Waals surface area contributed by atoms with E-state index in [1.165, 1.54) is 0 Å². The first kappa shape index (κ1) is 35.2. The van der Waals surface area contributed by atoms with Crippen LogP contribution in [0.3, 0.4) is 0 Å². The zero-order valence-electron chi connectivity index (χ0n) is 28.3. The molecule has 2 aliphatic heterocycles. The fourth-order valence-electron chi connectivity index (χ4n) is 6.45. The molecule has 0 saturated carbocycles. The Bertz CT molecular complexity index is 1310. The average molecular weight is 643 g/mol. The van der Waals surface area contributed by atoms with Crippen LogP contribution in [0.25, 0.3) is 0 Å². The lowest BCUT2D eigenvalue weighted by Crippen LogP contribution is -2.45. The molecule has 2 aliphatic rings. The van der Waals surface area contributed by atoms with Crippen LogP contribution in [0, 0.1) is 5.92 Å². The third-order valence-corrected chi connectivity index (χ3v) is 8.86. The summed E-state index contributed by atoms with van der Waals surface area (Å²) in [5, 5.41) is 10.6. The molecule has 0 radical (unpaired) electrons. The number of benzene rings is 2. The maximum Gasteiger partial charge on any atom is 0.308 e. The number of carbonyl (C=O) groups excluding carboxylic acids is 1. The summed E-state index contributed by atoms with van der Waals surface area (Å²) >= 11 is 0. The van der Waals surface area contributed by atoms with Gasteiger partial charge >= 0.3 is 5.97 Å². The number of amides is 1. The van der Waals surface area contributed by atoms with Gasteiger partial charge in [-0.25, -0.2) is 0 Å². The molecule has 11 heteroatoms. The number of methoxy groups -OCH3 is 2. The molecule has 1 fully saturated rings. The van der Waals surface area contributed by atoms with Crippen LogP contribution in [0.2, 0.25) is 0 Å². The fraction of sp³-hybridized carbons (Fsp3) is 0.600. The van der Waals surface area contributed by atoms with Crippen molar-refractivity contribution < 1.29 is 42.9 Å². The van der Waals surface area contributed by atoms with E-state index in [1.54, 1.807) is 14.2 Å². The summed E-state index contributed by atoms with van der Waals surface area (Å²) in [6, 6.07) is 10.6. The van der Waals surface area contributed by atoms with Crippen LogP contribution >= 0.6 is 0 Å². The number of unbranched alkanes of at least 4 members (excludes halogenated alkanes) is 2. The van der Waals surface area contributed by atoms with Crippen molar-refractivity contribution >= 4 is 11.9 Å². The Morgan fingerprint density at radius 2 is 1.72 bits per heavy atom. The van der Waals surface area contributed by atoms with Crippen LogP contribution < -0.4 is 23.7 Å². The second-order valence-electron chi connectivity index (χ2n) is 13.2. The van der Waals surface area contributed by atoms with Crippen LogP contribution in [0.15, 0.2) is 36.4 Å². The molecule has 1 saturated heterocycles. The number of carboxylic acids is 1. The molecule has 0 unspecified atom stereocenters. The highest BCUT2D eigenvalue weighted by Crippen LogP contribution is 2.47. The molecular formula is C35H52N3O8+. The van der Waals surface area contributed by atoms with E-state index in [9.17, 15) is 14.7 Å². The molecule has 11 nitrogen and oxygen atoms in total. The summed E-state index contributed by atoms with van der Waals surface area (Å²) in [7, 11) is 9.67. The lowest BCUT2D eigenvalue weighted by atomic mass is 9.84. The van der Waals surface area contributed by atoms with E-state index in [4.69, 9.17) is 23.7 Å². The van der Waals surface area contributed by atoms with Gasteiger partial charge < -0.3 is 38.2 Å². The highest BCUT2D eigenvalue weighted by molar-refractivity contribution is 5.79. The topological polar surface area (TPSA) is 107 Å². The van der Waals surface area contributed by atoms with Crippen LogP contribution in [-0.2, 0) is 9.59 Å². The Balaban J connectivity index is 1.58. The zero-order chi connectivity index (χ0) is 33.3. The molecule has 2 aromatic carbocycles. The van der Waals surface area contributed by atoms with Gasteiger partial charge in [0.2, 0.25) is 18.4 Å². The summed E-state index contributed by atoms with van der Waals surface area (Å²) in [4.78, 5) is 30.9. The third-order valence-electron chi connectivity index (χ3n) is 8.86. The number of quaternary nitrogens is 1. The maximum absolute atomic E-state index is 13.9. The predicted octanol–water partition coefficient (Wildman–Crippen LogP) is 4.49. The van der Waals surface area contributed by atoms with Gasteiger partial charge in [-0.15, -0.1) is 0 Å². The summed E-state index contributed by atoms with van der Waals surface area (Å²) in [6.45, 7) is 5.43. The number of nitrogens with zero attached hydrogens (tertiary/aromatic N) is 3. The van der Waals surface area contributed by atoms with E-state index in [2.05, 4.69) is 28.1 Å². The fourth-order valence-corrected chi connectivity index (χ4v) is 6.45. The first-order valence-corrected chi connectivity index (χ1v) is 16.3. The molecule has 0 spiro atoms. The van der Waals surface area contributed by atoms with Crippen molar-refractivity contribution in [2.24, 2.45) is 5.92 Å². The second kappa shape index (κ2) is 16.2. The van der Waals surface area contributed by atoms with Gasteiger partial charge in [-0.1, -0.05) is 25.5 Å². The SMILES string of the molecule is CCCCN(CCCC[N+](C)(C)C)C(=O)CN1C[C@H](c2cc(OC)c3c(c2)OCO3)[C@@H](C(=O)O)[C@@H]1CCOc1ccccc1OC. The van der Waals surface area contributed by atoms with Crippen molar-refractivity contribution in [3.8, 4) is 28.7 Å². The molecular weight excluding hydrogens is 590 g/mol. The van der Waals surface area contributed by atoms with Gasteiger partial charge in [0.25, 0.3) is 0 Å². The summed E-state index contributed by atoms with van der Waals surface area (Å²) in [5.74, 6) is 0.674. The van der Waals surface area contributed by atoms with Crippen LogP contribution in [0.1, 0.15) is 50.5 Å². The molecule has 46 heavy (non-hydrogen) atoms. The quantitative estimate of drug-likeness (QED) is 0.186. The van der Waals surface area contributed by atoms with E-state index in [-0.39, 0.29) is 25.9 Å². The van der Waals surface area contributed by atoms with E-state index < -0.39 is 23.8 Å². The van der Waals surface area contributed by atoms with Crippen molar-refractivity contribution in [3.63, 3.8) is 0 Å². The monoisotopic (exact) mass is 642 g/mol. The number of para-hydroxylation sites is 2. The standard InChI is InChI=1S/C35H51N3O8/c1-7-8-16-36(17-11-12-18-38(2,3)4)32(39)23-37-22-26(25-20-30(43-6)34-31(21-25)45-24-46-34)33(35(40)41)27(37)15-19-44-29-14-10-9-13-28(29)42-5/h9-10,13-14,20-21,26-27,33H,7-8,11-12,15-19,22-24H2,1-6H3/p+1/t26-,27+,33-/m1/s1. The van der Waals surface area contributed by atoms with Gasteiger partial charge in [0.1, 0.15) is 0 Å². The number of carboxylic acid groups (broad SMARTS) is 1. The largest absolute Gasteiger partial charge is 0.493 e. The van der Waals surface area contributed by atoms with E-state index >= 15 is 0 Å². The highest BCUT2D eigenvalue weighted by atomic mass is 16.7. The maximum atomic E-state index is 13.9. The van der Waals surface area contributed by atoms with Crippen molar-refractivity contribution in [1.29, 1.82) is 0 Å². The molecule has 2 heterocycles. The first-order chi connectivity index (χ1) is 22.1.